The number of aromatic nitrogens is 3. The van der Waals surface area contributed by atoms with Crippen LogP contribution in [0.5, 0.6) is 0 Å². The van der Waals surface area contributed by atoms with Crippen molar-refractivity contribution in [2.45, 2.75) is 13.0 Å². The van der Waals surface area contributed by atoms with E-state index in [-0.39, 0.29) is 5.69 Å². The number of nitrogens with zero attached hydrogens (tertiary/aromatic N) is 3. The van der Waals surface area contributed by atoms with E-state index in [0.717, 1.165) is 18.7 Å². The van der Waals surface area contributed by atoms with Gasteiger partial charge in [0, 0.05) is 19.8 Å². The molecule has 0 radical (unpaired) electrons. The molecule has 0 saturated carbocycles. The van der Waals surface area contributed by atoms with Crippen molar-refractivity contribution in [2.24, 2.45) is 7.05 Å². The lowest BCUT2D eigenvalue weighted by atomic mass is 10.2. The lowest BCUT2D eigenvalue weighted by Gasteiger charge is -2.04. The minimum Gasteiger partial charge on any atom is -0.477 e. The van der Waals surface area contributed by atoms with Gasteiger partial charge >= 0.3 is 5.97 Å². The minimum atomic E-state index is -1.00. The Morgan fingerprint density at radius 3 is 3.00 bits per heavy atom. The Morgan fingerprint density at radius 2 is 2.32 bits per heavy atom. The smallest absolute Gasteiger partial charge is 0.354 e. The number of carbonyl (C=O) groups is 1. The zero-order chi connectivity index (χ0) is 13.7. The van der Waals surface area contributed by atoms with Gasteiger partial charge in [0.05, 0.1) is 11.9 Å². The highest BCUT2D eigenvalue weighted by atomic mass is 16.4. The first-order valence-electron chi connectivity index (χ1n) is 6.02. The maximum Gasteiger partial charge on any atom is 0.354 e. The molecule has 19 heavy (non-hydrogen) atoms. The van der Waals surface area contributed by atoms with E-state index < -0.39 is 5.97 Å². The second kappa shape index (κ2) is 6.10. The van der Waals surface area contributed by atoms with Crippen LogP contribution in [0.15, 0.2) is 30.6 Å². The summed E-state index contributed by atoms with van der Waals surface area (Å²) in [5.41, 5.74) is 1.97. The molecule has 0 aliphatic rings. The Hall–Kier alpha value is -2.21. The molecule has 2 rings (SSSR count). The predicted molar refractivity (Wildman–Crippen MR) is 69.8 cm³/mol. The molecule has 2 aromatic heterocycles. The van der Waals surface area contributed by atoms with Crippen LogP contribution >= 0.6 is 0 Å². The maximum absolute atomic E-state index is 10.8. The fourth-order valence-electron chi connectivity index (χ4n) is 1.75. The van der Waals surface area contributed by atoms with E-state index >= 15 is 0 Å². The molecule has 2 aromatic rings. The largest absolute Gasteiger partial charge is 0.477 e. The van der Waals surface area contributed by atoms with Gasteiger partial charge in [-0.05, 0) is 30.7 Å². The highest BCUT2D eigenvalue weighted by Crippen LogP contribution is 2.00. The lowest BCUT2D eigenvalue weighted by Crippen LogP contribution is -2.18. The molecule has 0 aliphatic carbocycles. The first kappa shape index (κ1) is 13.2. The molecular formula is C13H16N4O2. The molecule has 2 heterocycles. The fraction of sp³-hybridized carbons (Fsp3) is 0.308. The van der Waals surface area contributed by atoms with Gasteiger partial charge in [0.25, 0.3) is 0 Å². The number of carboxylic acid groups (broad SMARTS) is 1. The van der Waals surface area contributed by atoms with Gasteiger partial charge in [0.1, 0.15) is 5.69 Å². The summed E-state index contributed by atoms with van der Waals surface area (Å²) in [6, 6.07) is 5.00. The number of pyridine rings is 1. The summed E-state index contributed by atoms with van der Waals surface area (Å²) >= 11 is 0. The van der Waals surface area contributed by atoms with E-state index in [1.807, 2.05) is 25.5 Å². The third kappa shape index (κ3) is 3.89. The highest BCUT2D eigenvalue weighted by molar-refractivity contribution is 5.85. The van der Waals surface area contributed by atoms with Crippen molar-refractivity contribution >= 4 is 5.97 Å². The molecule has 2 N–H and O–H groups in total. The molecule has 0 bridgehead atoms. The van der Waals surface area contributed by atoms with Gasteiger partial charge in [-0.3, -0.25) is 4.68 Å². The van der Waals surface area contributed by atoms with Crippen LogP contribution in [0, 0.1) is 0 Å². The van der Waals surface area contributed by atoms with Gasteiger partial charge in [-0.15, -0.1) is 0 Å². The van der Waals surface area contributed by atoms with Crippen LogP contribution in [0.4, 0.5) is 0 Å². The molecule has 0 aliphatic heterocycles. The van der Waals surface area contributed by atoms with E-state index in [0.29, 0.717) is 6.54 Å². The Bertz CT molecular complexity index is 565. The average Bonchev–Trinajstić information content (AvgIpc) is 2.81. The standard InChI is InChI=1S/C13H16N4O2/c1-17-9-10(7-15-17)5-6-14-8-11-3-2-4-12(16-11)13(18)19/h2-4,7,9,14H,5-6,8H2,1H3,(H,18,19). The zero-order valence-corrected chi connectivity index (χ0v) is 10.7. The summed E-state index contributed by atoms with van der Waals surface area (Å²) in [6.45, 7) is 1.35. The van der Waals surface area contributed by atoms with Crippen molar-refractivity contribution in [1.29, 1.82) is 0 Å². The van der Waals surface area contributed by atoms with Crippen LogP contribution in [0.25, 0.3) is 0 Å². The summed E-state index contributed by atoms with van der Waals surface area (Å²) in [5, 5.41) is 16.2. The fourth-order valence-corrected chi connectivity index (χ4v) is 1.75. The molecule has 0 unspecified atom stereocenters. The maximum atomic E-state index is 10.8. The van der Waals surface area contributed by atoms with Gasteiger partial charge in [-0.25, -0.2) is 9.78 Å². The van der Waals surface area contributed by atoms with E-state index in [4.69, 9.17) is 5.11 Å². The van der Waals surface area contributed by atoms with Crippen molar-refractivity contribution in [3.05, 3.63) is 47.5 Å². The van der Waals surface area contributed by atoms with Crippen LogP contribution in [0.3, 0.4) is 0 Å². The van der Waals surface area contributed by atoms with Gasteiger partial charge in [-0.1, -0.05) is 6.07 Å². The summed E-state index contributed by atoms with van der Waals surface area (Å²) in [4.78, 5) is 14.8. The average molecular weight is 260 g/mol. The molecule has 0 fully saturated rings. The van der Waals surface area contributed by atoms with Crippen LogP contribution < -0.4 is 5.32 Å². The summed E-state index contributed by atoms with van der Waals surface area (Å²) in [6.07, 6.45) is 4.70. The molecule has 0 atom stereocenters. The van der Waals surface area contributed by atoms with Crippen molar-refractivity contribution in [2.75, 3.05) is 6.54 Å². The molecule has 100 valence electrons. The molecule has 0 spiro atoms. The number of hydrogen-bond donors (Lipinski definition) is 2. The van der Waals surface area contributed by atoms with Crippen LogP contribution in [0.2, 0.25) is 0 Å². The molecule has 0 aromatic carbocycles. The second-order valence-electron chi connectivity index (χ2n) is 4.27. The SMILES string of the molecule is Cn1cc(CCNCc2cccc(C(=O)O)n2)cn1. The number of nitrogens with one attached hydrogen (secondary N) is 1. The Morgan fingerprint density at radius 1 is 1.47 bits per heavy atom. The molecule has 6 nitrogen and oxygen atoms in total. The summed E-state index contributed by atoms with van der Waals surface area (Å²) < 4.78 is 1.77. The van der Waals surface area contributed by atoms with Crippen LogP contribution in [-0.4, -0.2) is 32.4 Å². The van der Waals surface area contributed by atoms with Gasteiger partial charge in [-0.2, -0.15) is 5.10 Å². The predicted octanol–water partition coefficient (Wildman–Crippen LogP) is 0.846. The van der Waals surface area contributed by atoms with Crippen LogP contribution in [-0.2, 0) is 20.0 Å². The monoisotopic (exact) mass is 260 g/mol. The van der Waals surface area contributed by atoms with E-state index in [1.54, 1.807) is 10.7 Å². The minimum absolute atomic E-state index is 0.0755. The summed E-state index contributed by atoms with van der Waals surface area (Å²) in [5.74, 6) is -1.00. The van der Waals surface area contributed by atoms with E-state index in [9.17, 15) is 4.79 Å². The number of aryl methyl sites for hydroxylation is 1. The quantitative estimate of drug-likeness (QED) is 0.752. The van der Waals surface area contributed by atoms with Crippen molar-refractivity contribution < 1.29 is 9.90 Å². The molecular weight excluding hydrogens is 244 g/mol. The van der Waals surface area contributed by atoms with E-state index in [1.165, 1.54) is 11.6 Å². The molecule has 6 heteroatoms. The highest BCUT2D eigenvalue weighted by Gasteiger charge is 2.04. The van der Waals surface area contributed by atoms with Gasteiger partial charge in [0.15, 0.2) is 0 Å². The van der Waals surface area contributed by atoms with E-state index in [2.05, 4.69) is 15.4 Å². The molecule has 0 amide bonds. The first-order chi connectivity index (χ1) is 9.15. The number of aromatic carboxylic acids is 1. The van der Waals surface area contributed by atoms with Crippen LogP contribution in [0.1, 0.15) is 21.7 Å². The lowest BCUT2D eigenvalue weighted by molar-refractivity contribution is 0.0690. The third-order valence-electron chi connectivity index (χ3n) is 2.68. The molecule has 0 saturated heterocycles. The van der Waals surface area contributed by atoms with Gasteiger partial charge in [0.2, 0.25) is 0 Å². The van der Waals surface area contributed by atoms with Gasteiger partial charge < -0.3 is 10.4 Å². The Labute approximate surface area is 111 Å². The summed E-state index contributed by atoms with van der Waals surface area (Å²) in [7, 11) is 1.89. The first-order valence-corrected chi connectivity index (χ1v) is 6.02. The van der Waals surface area contributed by atoms with Crippen molar-refractivity contribution in [3.63, 3.8) is 0 Å². The van der Waals surface area contributed by atoms with Crippen molar-refractivity contribution in [1.82, 2.24) is 20.1 Å². The van der Waals surface area contributed by atoms with Crippen molar-refractivity contribution in [3.8, 4) is 0 Å². The number of carboxylic acids is 1. The number of rotatable bonds is 6. The number of hydrogen-bond acceptors (Lipinski definition) is 4. The Balaban J connectivity index is 1.79. The third-order valence-corrected chi connectivity index (χ3v) is 2.68. The topological polar surface area (TPSA) is 80.0 Å². The second-order valence-corrected chi connectivity index (χ2v) is 4.27. The Kier molecular flexibility index (Phi) is 4.25. The normalized spacial score (nSPS) is 10.6. The zero-order valence-electron chi connectivity index (χ0n) is 10.7.